The highest BCUT2D eigenvalue weighted by molar-refractivity contribution is 5.27. The smallest absolute Gasteiger partial charge is 0.115 e. The van der Waals surface area contributed by atoms with Crippen LogP contribution in [0.4, 0.5) is 0 Å². The number of benzene rings is 1. The van der Waals surface area contributed by atoms with Crippen LogP contribution in [0.3, 0.4) is 0 Å². The van der Waals surface area contributed by atoms with Gasteiger partial charge >= 0.3 is 0 Å². The lowest BCUT2D eigenvalue weighted by atomic mass is 9.92. The van der Waals surface area contributed by atoms with Crippen LogP contribution < -0.4 is 5.32 Å². The summed E-state index contributed by atoms with van der Waals surface area (Å²) in [5.41, 5.74) is 3.98. The number of phenols is 1. The summed E-state index contributed by atoms with van der Waals surface area (Å²) < 4.78 is 2.01. The van der Waals surface area contributed by atoms with Crippen molar-refractivity contribution in [1.29, 1.82) is 0 Å². The SMILES string of the molecule is CC(Cc1ccc(O)cc1)NC1CCCc2c1cnn2C. The first-order valence-electron chi connectivity index (χ1n) is 7.68. The molecular weight excluding hydrogens is 262 g/mol. The van der Waals surface area contributed by atoms with Crippen molar-refractivity contribution >= 4 is 0 Å². The molecular formula is C17H23N3O. The average Bonchev–Trinajstić information content (AvgIpc) is 2.84. The van der Waals surface area contributed by atoms with Crippen LogP contribution in [-0.2, 0) is 19.9 Å². The van der Waals surface area contributed by atoms with E-state index in [-0.39, 0.29) is 0 Å². The summed E-state index contributed by atoms with van der Waals surface area (Å²) in [6.45, 7) is 2.22. The van der Waals surface area contributed by atoms with Gasteiger partial charge in [-0.05, 0) is 50.3 Å². The Bertz CT molecular complexity index is 603. The summed E-state index contributed by atoms with van der Waals surface area (Å²) in [5, 5.41) is 17.5. The number of aryl methyl sites for hydroxylation is 1. The normalized spacial score (nSPS) is 19.2. The molecule has 0 amide bonds. The van der Waals surface area contributed by atoms with E-state index in [1.807, 2.05) is 30.1 Å². The molecule has 0 fully saturated rings. The molecule has 2 atom stereocenters. The van der Waals surface area contributed by atoms with E-state index in [0.717, 1.165) is 12.8 Å². The van der Waals surface area contributed by atoms with Gasteiger partial charge < -0.3 is 10.4 Å². The van der Waals surface area contributed by atoms with Gasteiger partial charge in [0.25, 0.3) is 0 Å². The number of aromatic nitrogens is 2. The molecule has 0 spiro atoms. The van der Waals surface area contributed by atoms with Gasteiger partial charge in [-0.1, -0.05) is 12.1 Å². The Kier molecular flexibility index (Phi) is 3.97. The molecule has 1 aliphatic carbocycles. The molecule has 2 unspecified atom stereocenters. The van der Waals surface area contributed by atoms with Crippen LogP contribution in [0.15, 0.2) is 30.5 Å². The monoisotopic (exact) mass is 285 g/mol. The quantitative estimate of drug-likeness (QED) is 0.908. The van der Waals surface area contributed by atoms with E-state index in [4.69, 9.17) is 0 Å². The number of nitrogens with zero attached hydrogens (tertiary/aromatic N) is 2. The summed E-state index contributed by atoms with van der Waals surface area (Å²) in [7, 11) is 2.03. The van der Waals surface area contributed by atoms with Crippen molar-refractivity contribution in [3.05, 3.63) is 47.3 Å². The molecule has 1 heterocycles. The Balaban J connectivity index is 1.65. The predicted octanol–water partition coefficient (Wildman–Crippen LogP) is 2.72. The number of aromatic hydroxyl groups is 1. The van der Waals surface area contributed by atoms with Crippen LogP contribution in [0.1, 0.15) is 42.6 Å². The fourth-order valence-electron chi connectivity index (χ4n) is 3.27. The van der Waals surface area contributed by atoms with Gasteiger partial charge in [0.15, 0.2) is 0 Å². The fourth-order valence-corrected chi connectivity index (χ4v) is 3.27. The Hall–Kier alpha value is -1.81. The number of hydrogen-bond acceptors (Lipinski definition) is 3. The average molecular weight is 285 g/mol. The molecule has 0 saturated carbocycles. The zero-order chi connectivity index (χ0) is 14.8. The van der Waals surface area contributed by atoms with Crippen molar-refractivity contribution in [2.45, 2.75) is 44.7 Å². The van der Waals surface area contributed by atoms with Gasteiger partial charge in [0.05, 0.1) is 6.20 Å². The number of nitrogens with one attached hydrogen (secondary N) is 1. The molecule has 3 rings (SSSR count). The summed E-state index contributed by atoms with van der Waals surface area (Å²) in [4.78, 5) is 0. The van der Waals surface area contributed by atoms with Gasteiger partial charge in [0.2, 0.25) is 0 Å². The van der Waals surface area contributed by atoms with E-state index in [9.17, 15) is 5.11 Å². The first-order chi connectivity index (χ1) is 10.1. The molecule has 1 aliphatic rings. The first-order valence-corrected chi connectivity index (χ1v) is 7.68. The molecule has 1 aromatic heterocycles. The molecule has 0 aliphatic heterocycles. The predicted molar refractivity (Wildman–Crippen MR) is 83.3 cm³/mol. The second kappa shape index (κ2) is 5.90. The largest absolute Gasteiger partial charge is 0.508 e. The standard InChI is InChI=1S/C17H23N3O/c1-12(10-13-6-8-14(21)9-7-13)19-16-4-3-5-17-15(16)11-18-20(17)2/h6-9,11-12,16,19,21H,3-5,10H2,1-2H3. The van der Waals surface area contributed by atoms with Gasteiger partial charge in [-0.25, -0.2) is 0 Å². The minimum Gasteiger partial charge on any atom is -0.508 e. The molecule has 0 saturated heterocycles. The van der Waals surface area contributed by atoms with E-state index in [1.54, 1.807) is 12.1 Å². The molecule has 21 heavy (non-hydrogen) atoms. The van der Waals surface area contributed by atoms with Crippen LogP contribution in [0, 0.1) is 0 Å². The highest BCUT2D eigenvalue weighted by atomic mass is 16.3. The number of rotatable bonds is 4. The van der Waals surface area contributed by atoms with Crippen LogP contribution in [0.25, 0.3) is 0 Å². The first kappa shape index (κ1) is 14.1. The van der Waals surface area contributed by atoms with Gasteiger partial charge in [-0.3, -0.25) is 4.68 Å². The maximum Gasteiger partial charge on any atom is 0.115 e. The van der Waals surface area contributed by atoms with E-state index < -0.39 is 0 Å². The lowest BCUT2D eigenvalue weighted by molar-refractivity contribution is 0.403. The molecule has 4 heteroatoms. The van der Waals surface area contributed by atoms with Crippen molar-refractivity contribution in [3.63, 3.8) is 0 Å². The molecule has 4 nitrogen and oxygen atoms in total. The number of phenolic OH excluding ortho intramolecular Hbond substituents is 1. The molecule has 1 aromatic carbocycles. The zero-order valence-corrected chi connectivity index (χ0v) is 12.7. The summed E-state index contributed by atoms with van der Waals surface area (Å²) in [5.74, 6) is 0.326. The maximum absolute atomic E-state index is 9.34. The second-order valence-corrected chi connectivity index (χ2v) is 6.05. The Morgan fingerprint density at radius 1 is 1.38 bits per heavy atom. The highest BCUT2D eigenvalue weighted by Crippen LogP contribution is 2.29. The molecule has 2 N–H and O–H groups in total. The van der Waals surface area contributed by atoms with Crippen LogP contribution in [0.5, 0.6) is 5.75 Å². The van der Waals surface area contributed by atoms with Crippen molar-refractivity contribution in [3.8, 4) is 5.75 Å². The van der Waals surface area contributed by atoms with E-state index in [2.05, 4.69) is 17.3 Å². The summed E-state index contributed by atoms with van der Waals surface area (Å²) in [6, 6.07) is 8.29. The van der Waals surface area contributed by atoms with E-state index >= 15 is 0 Å². The van der Waals surface area contributed by atoms with Crippen molar-refractivity contribution in [1.82, 2.24) is 15.1 Å². The minimum absolute atomic E-state index is 0.326. The van der Waals surface area contributed by atoms with Crippen molar-refractivity contribution in [2.75, 3.05) is 0 Å². The van der Waals surface area contributed by atoms with Crippen LogP contribution >= 0.6 is 0 Å². The molecule has 112 valence electrons. The lowest BCUT2D eigenvalue weighted by Gasteiger charge is -2.27. The van der Waals surface area contributed by atoms with Gasteiger partial charge in [-0.15, -0.1) is 0 Å². The van der Waals surface area contributed by atoms with Crippen LogP contribution in [-0.4, -0.2) is 20.9 Å². The van der Waals surface area contributed by atoms with Crippen LogP contribution in [0.2, 0.25) is 0 Å². The topological polar surface area (TPSA) is 50.1 Å². The fraction of sp³-hybridized carbons (Fsp3) is 0.471. The van der Waals surface area contributed by atoms with Gasteiger partial charge in [0, 0.05) is 30.4 Å². The third-order valence-electron chi connectivity index (χ3n) is 4.34. The third-order valence-corrected chi connectivity index (χ3v) is 4.34. The zero-order valence-electron chi connectivity index (χ0n) is 12.7. The second-order valence-electron chi connectivity index (χ2n) is 6.05. The summed E-state index contributed by atoms with van der Waals surface area (Å²) >= 11 is 0. The molecule has 2 aromatic rings. The Labute approximate surface area is 125 Å². The molecule has 0 radical (unpaired) electrons. The van der Waals surface area contributed by atoms with Crippen molar-refractivity contribution in [2.24, 2.45) is 7.05 Å². The van der Waals surface area contributed by atoms with E-state index in [1.165, 1.54) is 29.7 Å². The minimum atomic E-state index is 0.326. The number of fused-ring (bicyclic) bond motifs is 1. The lowest BCUT2D eigenvalue weighted by Crippen LogP contribution is -2.34. The highest BCUT2D eigenvalue weighted by Gasteiger charge is 2.24. The molecule has 0 bridgehead atoms. The Morgan fingerprint density at radius 3 is 2.90 bits per heavy atom. The van der Waals surface area contributed by atoms with Gasteiger partial charge in [0.1, 0.15) is 5.75 Å². The van der Waals surface area contributed by atoms with Gasteiger partial charge in [-0.2, -0.15) is 5.10 Å². The Morgan fingerprint density at radius 2 is 2.14 bits per heavy atom. The third kappa shape index (κ3) is 3.10. The maximum atomic E-state index is 9.34. The van der Waals surface area contributed by atoms with Crippen molar-refractivity contribution < 1.29 is 5.11 Å². The number of hydrogen-bond donors (Lipinski definition) is 2. The van der Waals surface area contributed by atoms with E-state index in [0.29, 0.717) is 17.8 Å². The summed E-state index contributed by atoms with van der Waals surface area (Å²) in [6.07, 6.45) is 6.51.